The van der Waals surface area contributed by atoms with E-state index in [-0.39, 0.29) is 30.2 Å². The number of methoxy groups -OCH3 is 1. The molecule has 0 radical (unpaired) electrons. The molecule has 0 aromatic heterocycles. The Bertz CT molecular complexity index is 738. The maximum absolute atomic E-state index is 12.7. The summed E-state index contributed by atoms with van der Waals surface area (Å²) in [6.07, 6.45) is 5.14. The van der Waals surface area contributed by atoms with Crippen LogP contribution in [0.15, 0.2) is 42.5 Å². The van der Waals surface area contributed by atoms with Crippen molar-refractivity contribution in [2.75, 3.05) is 13.7 Å². The van der Waals surface area contributed by atoms with Gasteiger partial charge in [-0.15, -0.1) is 0 Å². The number of benzene rings is 1. The second-order valence-electron chi connectivity index (χ2n) is 7.07. The summed E-state index contributed by atoms with van der Waals surface area (Å²) in [5.74, 6) is -1.12. The second-order valence-corrected chi connectivity index (χ2v) is 7.07. The summed E-state index contributed by atoms with van der Waals surface area (Å²) < 4.78 is 10.2. The Morgan fingerprint density at radius 1 is 0.960 bits per heavy atom. The van der Waals surface area contributed by atoms with Crippen molar-refractivity contribution in [3.05, 3.63) is 48.0 Å². The smallest absolute Gasteiger partial charge is 0.310 e. The topological polar surface area (TPSA) is 69.7 Å². The highest BCUT2D eigenvalue weighted by molar-refractivity contribution is 5.98. The summed E-state index contributed by atoms with van der Waals surface area (Å²) in [5.41, 5.74) is 0.507. The Hall–Kier alpha value is -2.43. The molecule has 4 aliphatic carbocycles. The predicted octanol–water partition coefficient (Wildman–Crippen LogP) is 2.27. The van der Waals surface area contributed by atoms with Crippen molar-refractivity contribution in [3.8, 4) is 0 Å². The van der Waals surface area contributed by atoms with E-state index >= 15 is 0 Å². The van der Waals surface area contributed by atoms with Crippen molar-refractivity contribution in [2.24, 2.45) is 35.5 Å². The Balaban J connectivity index is 1.48. The van der Waals surface area contributed by atoms with Crippen LogP contribution in [-0.4, -0.2) is 31.4 Å². The lowest BCUT2D eigenvalue weighted by Gasteiger charge is -2.41. The Kier molecular flexibility index (Phi) is 3.94. The lowest BCUT2D eigenvalue weighted by molar-refractivity contribution is -0.165. The number of ether oxygens (including phenoxy) is 2. The molecule has 0 unspecified atom stereocenters. The summed E-state index contributed by atoms with van der Waals surface area (Å²) in [6, 6.07) is 8.73. The first kappa shape index (κ1) is 16.1. The number of carbonyl (C=O) groups is 3. The molecule has 0 aliphatic heterocycles. The average molecular weight is 340 g/mol. The minimum absolute atomic E-state index is 0.0124. The molecule has 0 heterocycles. The van der Waals surface area contributed by atoms with Crippen LogP contribution in [0.3, 0.4) is 0 Å². The van der Waals surface area contributed by atoms with Crippen LogP contribution in [0.4, 0.5) is 0 Å². The van der Waals surface area contributed by atoms with E-state index in [2.05, 4.69) is 6.08 Å². The fourth-order valence-corrected chi connectivity index (χ4v) is 4.60. The number of hydrogen-bond donors (Lipinski definition) is 0. The zero-order chi connectivity index (χ0) is 17.6. The number of esters is 2. The van der Waals surface area contributed by atoms with Gasteiger partial charge in [0.2, 0.25) is 0 Å². The average Bonchev–Trinajstić information content (AvgIpc) is 3.47. The molecule has 1 aromatic rings. The van der Waals surface area contributed by atoms with Gasteiger partial charge in [-0.1, -0.05) is 42.5 Å². The molecule has 0 N–H and O–H groups in total. The zero-order valence-electron chi connectivity index (χ0n) is 14.0. The monoisotopic (exact) mass is 340 g/mol. The van der Waals surface area contributed by atoms with Crippen molar-refractivity contribution >= 4 is 17.7 Å². The minimum atomic E-state index is -0.547. The van der Waals surface area contributed by atoms with Gasteiger partial charge < -0.3 is 9.47 Å². The molecule has 2 bridgehead atoms. The van der Waals surface area contributed by atoms with Crippen molar-refractivity contribution in [2.45, 2.75) is 6.42 Å². The summed E-state index contributed by atoms with van der Waals surface area (Å²) in [5, 5.41) is 0. The maximum atomic E-state index is 12.7. The van der Waals surface area contributed by atoms with E-state index in [0.29, 0.717) is 17.4 Å². The molecule has 5 heteroatoms. The molecule has 2 saturated carbocycles. The van der Waals surface area contributed by atoms with Crippen LogP contribution in [0.25, 0.3) is 0 Å². The number of hydrogen-bond acceptors (Lipinski definition) is 5. The Morgan fingerprint density at radius 3 is 2.16 bits per heavy atom. The first-order valence-corrected chi connectivity index (χ1v) is 8.63. The summed E-state index contributed by atoms with van der Waals surface area (Å²) >= 11 is 0. The molecule has 0 amide bonds. The molecule has 25 heavy (non-hydrogen) atoms. The normalized spacial score (nSPS) is 34.1. The highest BCUT2D eigenvalue weighted by Gasteiger charge is 2.63. The first-order chi connectivity index (χ1) is 12.1. The molecule has 5 rings (SSSR count). The molecular formula is C20H20O5. The van der Waals surface area contributed by atoms with Gasteiger partial charge in [-0.25, -0.2) is 0 Å². The van der Waals surface area contributed by atoms with Gasteiger partial charge in [0.25, 0.3) is 0 Å². The maximum Gasteiger partial charge on any atom is 0.310 e. The van der Waals surface area contributed by atoms with Crippen LogP contribution in [0.2, 0.25) is 0 Å². The molecule has 4 aliphatic rings. The van der Waals surface area contributed by atoms with E-state index in [0.717, 1.165) is 6.42 Å². The number of ketones is 1. The minimum Gasteiger partial charge on any atom is -0.469 e. The molecule has 5 nitrogen and oxygen atoms in total. The van der Waals surface area contributed by atoms with Gasteiger partial charge in [0, 0.05) is 5.56 Å². The lowest BCUT2D eigenvalue weighted by Crippen LogP contribution is -2.47. The number of rotatable bonds is 5. The quantitative estimate of drug-likeness (QED) is 0.467. The van der Waals surface area contributed by atoms with Gasteiger partial charge in [-0.05, 0) is 30.1 Å². The third-order valence-electron chi connectivity index (χ3n) is 5.84. The summed E-state index contributed by atoms with van der Waals surface area (Å²) in [6.45, 7) is -0.303. The standard InChI is InChI=1S/C20H20O5/c1-24-19(22)17-12-7-8-13(15-9-14(12)15)18(17)20(23)25-10-16(21)11-5-3-2-4-6-11/h2-8,12-15,17-18H,9-10H2,1H3/t12-,13-,14+,15-,17+,18+/m0/s1. The van der Waals surface area contributed by atoms with E-state index in [1.54, 1.807) is 24.3 Å². The Morgan fingerprint density at radius 2 is 1.56 bits per heavy atom. The molecule has 6 atom stereocenters. The van der Waals surface area contributed by atoms with E-state index in [1.165, 1.54) is 7.11 Å². The van der Waals surface area contributed by atoms with Gasteiger partial charge in [0.1, 0.15) is 0 Å². The van der Waals surface area contributed by atoms with Gasteiger partial charge in [-0.3, -0.25) is 14.4 Å². The number of carbonyl (C=O) groups excluding carboxylic acids is 3. The van der Waals surface area contributed by atoms with Gasteiger partial charge >= 0.3 is 11.9 Å². The second kappa shape index (κ2) is 6.14. The molecule has 0 spiro atoms. The van der Waals surface area contributed by atoms with Crippen molar-refractivity contribution in [3.63, 3.8) is 0 Å². The van der Waals surface area contributed by atoms with Gasteiger partial charge in [0.05, 0.1) is 18.9 Å². The van der Waals surface area contributed by atoms with E-state index in [1.807, 2.05) is 12.1 Å². The molecule has 2 fully saturated rings. The molecule has 0 saturated heterocycles. The molecule has 130 valence electrons. The fraction of sp³-hybridized carbons (Fsp3) is 0.450. The van der Waals surface area contributed by atoms with Crippen LogP contribution in [-0.2, 0) is 19.1 Å². The lowest BCUT2D eigenvalue weighted by atomic mass is 9.62. The zero-order valence-corrected chi connectivity index (χ0v) is 14.0. The number of Topliss-reactive ketones (excluding diaryl/α,β-unsaturated/α-hetero) is 1. The Labute approximate surface area is 146 Å². The first-order valence-electron chi connectivity index (χ1n) is 8.63. The van der Waals surface area contributed by atoms with E-state index in [4.69, 9.17) is 9.47 Å². The molecular weight excluding hydrogens is 320 g/mol. The SMILES string of the molecule is COC(=O)[C@@H]1[C@H]2C=C[C@@H]([C@@H]3C[C@H]23)[C@H]1C(=O)OCC(=O)c1ccccc1. The van der Waals surface area contributed by atoms with Crippen LogP contribution in [0.1, 0.15) is 16.8 Å². The number of allylic oxidation sites excluding steroid dienone is 2. The largest absolute Gasteiger partial charge is 0.469 e. The predicted molar refractivity (Wildman–Crippen MR) is 88.4 cm³/mol. The van der Waals surface area contributed by atoms with Crippen LogP contribution in [0.5, 0.6) is 0 Å². The van der Waals surface area contributed by atoms with Gasteiger partial charge in [-0.2, -0.15) is 0 Å². The summed E-state index contributed by atoms with van der Waals surface area (Å²) in [4.78, 5) is 37.1. The van der Waals surface area contributed by atoms with Crippen LogP contribution in [0, 0.1) is 35.5 Å². The van der Waals surface area contributed by atoms with Crippen molar-refractivity contribution < 1.29 is 23.9 Å². The van der Waals surface area contributed by atoms with Crippen molar-refractivity contribution in [1.82, 2.24) is 0 Å². The summed E-state index contributed by atoms with van der Waals surface area (Å²) in [7, 11) is 1.35. The molecule has 1 aromatic carbocycles. The van der Waals surface area contributed by atoms with E-state index < -0.39 is 17.8 Å². The van der Waals surface area contributed by atoms with Crippen LogP contribution < -0.4 is 0 Å². The van der Waals surface area contributed by atoms with E-state index in [9.17, 15) is 14.4 Å². The van der Waals surface area contributed by atoms with Crippen molar-refractivity contribution in [1.29, 1.82) is 0 Å². The highest BCUT2D eigenvalue weighted by Crippen LogP contribution is 2.63. The third-order valence-corrected chi connectivity index (χ3v) is 5.84. The highest BCUT2D eigenvalue weighted by atomic mass is 16.5. The van der Waals surface area contributed by atoms with Gasteiger partial charge in [0.15, 0.2) is 12.4 Å². The third kappa shape index (κ3) is 2.68. The van der Waals surface area contributed by atoms with Crippen LogP contribution >= 0.6 is 0 Å². The fourth-order valence-electron chi connectivity index (χ4n) is 4.60. The number of fused-ring (bicyclic) bond motifs is 1.